The molecular formula is C34H46N4O7. The number of piperidine rings is 1. The number of phenolic OH excluding ortho intramolecular Hbond substituents is 1. The second-order valence-electron chi connectivity index (χ2n) is 12.8. The molecule has 0 spiro atoms. The van der Waals surface area contributed by atoms with Crippen molar-refractivity contribution in [3.8, 4) is 5.75 Å². The Morgan fingerprint density at radius 3 is 2.53 bits per heavy atom. The SMILES string of the molecule is C=CCOC1(C)CCN(c2c(C(OC(C)(C)C)C(=O)OC)c(C)cn3nc(C(=O)NCC(O)Cc4ccccc4O)cc23)CC1. The largest absolute Gasteiger partial charge is 0.508 e. The van der Waals surface area contributed by atoms with E-state index in [1.807, 2.05) is 27.7 Å². The molecule has 0 aliphatic carbocycles. The minimum atomic E-state index is -1.02. The van der Waals surface area contributed by atoms with E-state index in [1.54, 1.807) is 47.1 Å². The fraction of sp³-hybridized carbons (Fsp3) is 0.500. The highest BCUT2D eigenvalue weighted by Crippen LogP contribution is 2.40. The molecule has 2 aromatic heterocycles. The zero-order chi connectivity index (χ0) is 32.9. The summed E-state index contributed by atoms with van der Waals surface area (Å²) in [5.41, 5.74) is 2.55. The molecule has 1 aliphatic heterocycles. The number of fused-ring (bicyclic) bond motifs is 1. The fourth-order valence-corrected chi connectivity index (χ4v) is 5.63. The van der Waals surface area contributed by atoms with E-state index in [4.69, 9.17) is 14.2 Å². The molecule has 1 aromatic carbocycles. The fourth-order valence-electron chi connectivity index (χ4n) is 5.63. The molecule has 3 heterocycles. The van der Waals surface area contributed by atoms with Crippen molar-refractivity contribution < 1.29 is 34.0 Å². The molecule has 4 rings (SSSR count). The molecule has 2 atom stereocenters. The molecule has 1 saturated heterocycles. The minimum absolute atomic E-state index is 0.0303. The van der Waals surface area contributed by atoms with Gasteiger partial charge in [0, 0.05) is 37.8 Å². The zero-order valence-corrected chi connectivity index (χ0v) is 27.1. The number of aromatic nitrogens is 2. The Kier molecular flexibility index (Phi) is 10.6. The van der Waals surface area contributed by atoms with Gasteiger partial charge in [-0.3, -0.25) is 4.79 Å². The Hall–Kier alpha value is -3.93. The van der Waals surface area contributed by atoms with E-state index < -0.39 is 29.7 Å². The van der Waals surface area contributed by atoms with E-state index in [2.05, 4.69) is 28.8 Å². The summed E-state index contributed by atoms with van der Waals surface area (Å²) in [6.07, 6.45) is 3.24. The maximum absolute atomic E-state index is 13.3. The summed E-state index contributed by atoms with van der Waals surface area (Å²) < 4.78 is 19.3. The summed E-state index contributed by atoms with van der Waals surface area (Å²) in [5, 5.41) is 27.9. The van der Waals surface area contributed by atoms with E-state index in [0.29, 0.717) is 36.3 Å². The molecule has 1 fully saturated rings. The van der Waals surface area contributed by atoms with Crippen molar-refractivity contribution in [3.63, 3.8) is 0 Å². The summed E-state index contributed by atoms with van der Waals surface area (Å²) >= 11 is 0. The van der Waals surface area contributed by atoms with Gasteiger partial charge in [0.15, 0.2) is 11.8 Å². The number of anilines is 1. The molecular weight excluding hydrogens is 576 g/mol. The van der Waals surface area contributed by atoms with Crippen molar-refractivity contribution in [1.29, 1.82) is 0 Å². The number of hydrogen-bond donors (Lipinski definition) is 3. The van der Waals surface area contributed by atoms with Crippen LogP contribution in [0.15, 0.2) is 49.2 Å². The number of phenols is 1. The maximum Gasteiger partial charge on any atom is 0.339 e. The second-order valence-corrected chi connectivity index (χ2v) is 12.8. The standard InChI is InChI=1S/C34H46N4O7/c1-8-17-44-34(6)13-15-37(16-14-34)29-26-19-25(31(41)35-20-24(39)18-23-11-9-10-12-27(23)40)36-38(26)21-22(2)28(29)30(32(42)43-7)45-33(3,4)5/h8-12,19,21,24,30,39-40H,1,13-18,20H2,2-7H3,(H,35,41). The predicted octanol–water partition coefficient (Wildman–Crippen LogP) is 4.27. The lowest BCUT2D eigenvalue weighted by molar-refractivity contribution is -0.164. The number of esters is 1. The van der Waals surface area contributed by atoms with Crippen molar-refractivity contribution in [2.45, 2.75) is 77.3 Å². The number of aromatic hydroxyl groups is 1. The Morgan fingerprint density at radius 2 is 1.91 bits per heavy atom. The molecule has 0 radical (unpaired) electrons. The third-order valence-corrected chi connectivity index (χ3v) is 7.99. The number of aliphatic hydroxyl groups excluding tert-OH is 1. The van der Waals surface area contributed by atoms with Crippen molar-refractivity contribution in [1.82, 2.24) is 14.9 Å². The Balaban J connectivity index is 1.70. The number of nitrogens with one attached hydrogen (secondary N) is 1. The number of amides is 1. The van der Waals surface area contributed by atoms with Crippen LogP contribution in [0.4, 0.5) is 5.69 Å². The van der Waals surface area contributed by atoms with Crippen LogP contribution in [0, 0.1) is 6.92 Å². The smallest absolute Gasteiger partial charge is 0.339 e. The van der Waals surface area contributed by atoms with Gasteiger partial charge in [-0.05, 0) is 70.7 Å². The lowest BCUT2D eigenvalue weighted by Crippen LogP contribution is -2.45. The van der Waals surface area contributed by atoms with Crippen LogP contribution in [-0.2, 0) is 25.4 Å². The van der Waals surface area contributed by atoms with E-state index >= 15 is 0 Å². The van der Waals surface area contributed by atoms with Gasteiger partial charge in [-0.15, -0.1) is 6.58 Å². The number of aryl methyl sites for hydroxylation is 1. The minimum Gasteiger partial charge on any atom is -0.508 e. The lowest BCUT2D eigenvalue weighted by atomic mass is 9.91. The molecule has 3 N–H and O–H groups in total. The number of benzene rings is 1. The van der Waals surface area contributed by atoms with Crippen molar-refractivity contribution in [2.24, 2.45) is 0 Å². The molecule has 0 saturated carbocycles. The predicted molar refractivity (Wildman–Crippen MR) is 172 cm³/mol. The number of carbonyl (C=O) groups is 2. The first-order chi connectivity index (χ1) is 21.2. The summed E-state index contributed by atoms with van der Waals surface area (Å²) in [4.78, 5) is 28.7. The highest BCUT2D eigenvalue weighted by Gasteiger charge is 2.37. The van der Waals surface area contributed by atoms with Gasteiger partial charge in [-0.2, -0.15) is 5.10 Å². The molecule has 2 unspecified atom stereocenters. The van der Waals surface area contributed by atoms with Crippen LogP contribution in [-0.4, -0.2) is 82.4 Å². The van der Waals surface area contributed by atoms with E-state index in [0.717, 1.165) is 24.1 Å². The van der Waals surface area contributed by atoms with Gasteiger partial charge in [0.05, 0.1) is 42.2 Å². The first-order valence-electron chi connectivity index (χ1n) is 15.3. The van der Waals surface area contributed by atoms with Crippen LogP contribution < -0.4 is 10.2 Å². The highest BCUT2D eigenvalue weighted by molar-refractivity contribution is 5.95. The van der Waals surface area contributed by atoms with Crippen LogP contribution in [0.2, 0.25) is 0 Å². The number of pyridine rings is 1. The van der Waals surface area contributed by atoms with Gasteiger partial charge in [-0.1, -0.05) is 24.3 Å². The van der Waals surface area contributed by atoms with Crippen molar-refractivity contribution >= 4 is 23.1 Å². The quantitative estimate of drug-likeness (QED) is 0.200. The van der Waals surface area contributed by atoms with Crippen molar-refractivity contribution in [2.75, 3.05) is 38.3 Å². The molecule has 1 aliphatic rings. The van der Waals surface area contributed by atoms with Crippen molar-refractivity contribution in [3.05, 3.63) is 71.6 Å². The normalized spacial score (nSPS) is 16.3. The Bertz CT molecular complexity index is 1520. The first kappa shape index (κ1) is 34.0. The molecule has 1 amide bonds. The van der Waals surface area contributed by atoms with Gasteiger partial charge in [0.2, 0.25) is 0 Å². The Labute approximate surface area is 264 Å². The molecule has 244 valence electrons. The average molecular weight is 623 g/mol. The number of nitrogens with zero attached hydrogens (tertiary/aromatic N) is 3. The monoisotopic (exact) mass is 622 g/mol. The second kappa shape index (κ2) is 14.0. The number of rotatable bonds is 12. The average Bonchev–Trinajstić information content (AvgIpc) is 3.42. The number of ether oxygens (including phenoxy) is 3. The molecule has 3 aromatic rings. The molecule has 45 heavy (non-hydrogen) atoms. The van der Waals surface area contributed by atoms with Gasteiger partial charge in [0.1, 0.15) is 5.75 Å². The van der Waals surface area contributed by atoms with Crippen LogP contribution in [0.25, 0.3) is 5.52 Å². The van der Waals surface area contributed by atoms with Gasteiger partial charge >= 0.3 is 5.97 Å². The van der Waals surface area contributed by atoms with Crippen LogP contribution >= 0.6 is 0 Å². The van der Waals surface area contributed by atoms with Crippen LogP contribution in [0.1, 0.15) is 73.8 Å². The summed E-state index contributed by atoms with van der Waals surface area (Å²) in [7, 11) is 1.34. The number of carbonyl (C=O) groups excluding carboxylic acids is 2. The third-order valence-electron chi connectivity index (χ3n) is 7.99. The Morgan fingerprint density at radius 1 is 1.22 bits per heavy atom. The topological polar surface area (TPSA) is 135 Å². The number of para-hydroxylation sites is 1. The van der Waals surface area contributed by atoms with Crippen LogP contribution in [0.3, 0.4) is 0 Å². The number of methoxy groups -OCH3 is 1. The van der Waals surface area contributed by atoms with E-state index in [9.17, 15) is 19.8 Å². The number of hydrogen-bond acceptors (Lipinski definition) is 9. The summed E-state index contributed by atoms with van der Waals surface area (Å²) in [6.45, 7) is 15.1. The van der Waals surface area contributed by atoms with Gasteiger partial charge in [0.25, 0.3) is 5.91 Å². The molecule has 0 bridgehead atoms. The molecule has 11 heteroatoms. The van der Waals surface area contributed by atoms with E-state index in [-0.39, 0.29) is 30.0 Å². The maximum atomic E-state index is 13.3. The van der Waals surface area contributed by atoms with Crippen LogP contribution in [0.5, 0.6) is 5.75 Å². The summed E-state index contributed by atoms with van der Waals surface area (Å²) in [6, 6.07) is 8.46. The van der Waals surface area contributed by atoms with Gasteiger partial charge in [-0.25, -0.2) is 9.31 Å². The third kappa shape index (κ3) is 8.22. The molecule has 11 nitrogen and oxygen atoms in total. The van der Waals surface area contributed by atoms with Gasteiger partial charge < -0.3 is 34.6 Å². The van der Waals surface area contributed by atoms with E-state index in [1.165, 1.54) is 7.11 Å². The first-order valence-corrected chi connectivity index (χ1v) is 15.3. The zero-order valence-electron chi connectivity index (χ0n) is 27.1. The number of aliphatic hydroxyl groups is 1. The summed E-state index contributed by atoms with van der Waals surface area (Å²) in [5.74, 6) is -0.890. The lowest BCUT2D eigenvalue weighted by Gasteiger charge is -2.41. The highest BCUT2D eigenvalue weighted by atomic mass is 16.6.